The molecule has 22 heavy (non-hydrogen) atoms. The molecule has 122 valence electrons. The summed E-state index contributed by atoms with van der Waals surface area (Å²) in [6.45, 7) is 4.64. The van der Waals surface area contributed by atoms with E-state index in [9.17, 15) is 13.2 Å². The Morgan fingerprint density at radius 1 is 1.55 bits per heavy atom. The number of pyridine rings is 1. The fourth-order valence-corrected chi connectivity index (χ4v) is 1.57. The summed E-state index contributed by atoms with van der Waals surface area (Å²) in [6.07, 6.45) is -1.66. The highest BCUT2D eigenvalue weighted by Crippen LogP contribution is 2.33. The van der Waals surface area contributed by atoms with Crippen LogP contribution in [-0.2, 0) is 6.18 Å². The quantitative estimate of drug-likeness (QED) is 0.347. The zero-order valence-corrected chi connectivity index (χ0v) is 12.4. The Hall–Kier alpha value is -1.96. The topological polar surface area (TPSA) is 72.5 Å². The number of rotatable bonds is 7. The van der Waals surface area contributed by atoms with Crippen molar-refractivity contribution in [3.8, 4) is 5.88 Å². The molecule has 0 fully saturated rings. The van der Waals surface area contributed by atoms with Crippen LogP contribution in [0.2, 0.25) is 5.02 Å². The molecule has 5 nitrogen and oxygen atoms in total. The second kappa shape index (κ2) is 8.47. The van der Waals surface area contributed by atoms with E-state index in [2.05, 4.69) is 21.9 Å². The molecule has 0 spiro atoms. The molecule has 0 radical (unpaired) electrons. The number of nitrogens with zero attached hydrogens (tertiary/aromatic N) is 2. The molecule has 0 saturated carbocycles. The van der Waals surface area contributed by atoms with Crippen molar-refractivity contribution in [3.63, 3.8) is 0 Å². The Bertz CT molecular complexity index is 535. The molecule has 1 rings (SSSR count). The number of alkyl halides is 3. The van der Waals surface area contributed by atoms with Gasteiger partial charge in [-0.2, -0.15) is 13.2 Å². The van der Waals surface area contributed by atoms with E-state index in [4.69, 9.17) is 22.1 Å². The van der Waals surface area contributed by atoms with Crippen LogP contribution in [0.4, 0.5) is 13.2 Å². The number of hydrogen-bond acceptors (Lipinski definition) is 3. The second-order valence-corrected chi connectivity index (χ2v) is 4.55. The maximum absolute atomic E-state index is 12.4. The first-order chi connectivity index (χ1) is 10.3. The average molecular weight is 337 g/mol. The molecule has 0 saturated heterocycles. The van der Waals surface area contributed by atoms with Crippen molar-refractivity contribution in [2.45, 2.75) is 12.6 Å². The van der Waals surface area contributed by atoms with Crippen molar-refractivity contribution in [3.05, 3.63) is 35.5 Å². The van der Waals surface area contributed by atoms with Crippen LogP contribution in [0.5, 0.6) is 5.88 Å². The standard InChI is InChI=1S/C13H16ClF3N4O/c1-2-4-19-12(18)20-5-3-6-22-11-10(14)7-9(8-21-11)13(15,16)17/h2,7-8H,1,3-6H2,(H3,18,19,20). The third kappa shape index (κ3) is 6.21. The maximum Gasteiger partial charge on any atom is 0.417 e. The highest BCUT2D eigenvalue weighted by atomic mass is 35.5. The van der Waals surface area contributed by atoms with Crippen molar-refractivity contribution in [2.24, 2.45) is 10.7 Å². The number of aromatic nitrogens is 1. The molecule has 0 amide bonds. The summed E-state index contributed by atoms with van der Waals surface area (Å²) >= 11 is 5.70. The lowest BCUT2D eigenvalue weighted by molar-refractivity contribution is -0.137. The highest BCUT2D eigenvalue weighted by molar-refractivity contribution is 6.31. The summed E-state index contributed by atoms with van der Waals surface area (Å²) in [6, 6.07) is 0.777. The number of nitrogens with one attached hydrogen (secondary N) is 1. The third-order valence-corrected chi connectivity index (χ3v) is 2.66. The third-order valence-electron chi connectivity index (χ3n) is 2.39. The lowest BCUT2D eigenvalue weighted by Crippen LogP contribution is -2.31. The number of hydrogen-bond donors (Lipinski definition) is 2. The van der Waals surface area contributed by atoms with Gasteiger partial charge in [0.1, 0.15) is 5.02 Å². The van der Waals surface area contributed by atoms with Crippen LogP contribution >= 0.6 is 11.6 Å². The highest BCUT2D eigenvalue weighted by Gasteiger charge is 2.31. The van der Waals surface area contributed by atoms with Gasteiger partial charge in [0.15, 0.2) is 5.96 Å². The predicted molar refractivity (Wildman–Crippen MR) is 79.1 cm³/mol. The van der Waals surface area contributed by atoms with E-state index in [0.717, 1.165) is 6.07 Å². The number of nitrogens with two attached hydrogens (primary N) is 1. The van der Waals surface area contributed by atoms with E-state index >= 15 is 0 Å². The molecule has 0 aliphatic rings. The molecule has 0 aromatic carbocycles. The van der Waals surface area contributed by atoms with Crippen LogP contribution in [0.25, 0.3) is 0 Å². The van der Waals surface area contributed by atoms with Crippen LogP contribution in [0.3, 0.4) is 0 Å². The summed E-state index contributed by atoms with van der Waals surface area (Å²) < 4.78 is 42.5. The minimum Gasteiger partial charge on any atom is -0.477 e. The van der Waals surface area contributed by atoms with E-state index < -0.39 is 11.7 Å². The summed E-state index contributed by atoms with van der Waals surface area (Å²) in [5.41, 5.74) is 4.62. The maximum atomic E-state index is 12.4. The fourth-order valence-electron chi connectivity index (χ4n) is 1.35. The fraction of sp³-hybridized carbons (Fsp3) is 0.385. The number of guanidine groups is 1. The number of aliphatic imine (C=N–C) groups is 1. The normalized spacial score (nSPS) is 12.1. The Kier molecular flexibility index (Phi) is 6.97. The van der Waals surface area contributed by atoms with Gasteiger partial charge >= 0.3 is 6.18 Å². The minimum atomic E-state index is -4.49. The number of ether oxygens (including phenoxy) is 1. The Morgan fingerprint density at radius 3 is 2.86 bits per heavy atom. The SMILES string of the molecule is C=CCNC(N)=NCCCOc1ncc(C(F)(F)F)cc1Cl. The van der Waals surface area contributed by atoms with Gasteiger partial charge < -0.3 is 15.8 Å². The molecule has 9 heteroatoms. The van der Waals surface area contributed by atoms with Gasteiger partial charge in [-0.25, -0.2) is 4.98 Å². The molecule has 0 aliphatic heterocycles. The smallest absolute Gasteiger partial charge is 0.417 e. The Balaban J connectivity index is 2.41. The Morgan fingerprint density at radius 2 is 2.27 bits per heavy atom. The van der Waals surface area contributed by atoms with E-state index in [1.807, 2.05) is 0 Å². The Labute approximate surface area is 131 Å². The van der Waals surface area contributed by atoms with Gasteiger partial charge in [0, 0.05) is 25.7 Å². The zero-order valence-electron chi connectivity index (χ0n) is 11.7. The van der Waals surface area contributed by atoms with Gasteiger partial charge in [-0.05, 0) is 6.07 Å². The molecule has 0 bridgehead atoms. The van der Waals surface area contributed by atoms with Crippen LogP contribution in [0.1, 0.15) is 12.0 Å². The molecule has 0 atom stereocenters. The summed E-state index contributed by atoms with van der Waals surface area (Å²) in [4.78, 5) is 7.57. The lowest BCUT2D eigenvalue weighted by atomic mass is 10.3. The zero-order chi connectivity index (χ0) is 16.6. The molecule has 1 aromatic rings. The lowest BCUT2D eigenvalue weighted by Gasteiger charge is -2.10. The molecule has 0 aliphatic carbocycles. The van der Waals surface area contributed by atoms with Gasteiger partial charge in [0.25, 0.3) is 0 Å². The van der Waals surface area contributed by atoms with E-state index in [-0.39, 0.29) is 23.5 Å². The van der Waals surface area contributed by atoms with Crippen molar-refractivity contribution in [1.29, 1.82) is 0 Å². The van der Waals surface area contributed by atoms with E-state index in [1.54, 1.807) is 6.08 Å². The first-order valence-corrected chi connectivity index (χ1v) is 6.72. The number of halogens is 4. The van der Waals surface area contributed by atoms with Crippen molar-refractivity contribution < 1.29 is 17.9 Å². The van der Waals surface area contributed by atoms with Gasteiger partial charge in [0.05, 0.1) is 12.2 Å². The van der Waals surface area contributed by atoms with Gasteiger partial charge in [-0.3, -0.25) is 4.99 Å². The van der Waals surface area contributed by atoms with Crippen molar-refractivity contribution in [1.82, 2.24) is 10.3 Å². The summed E-state index contributed by atoms with van der Waals surface area (Å²) in [5.74, 6) is 0.238. The minimum absolute atomic E-state index is 0.0450. The molecular formula is C13H16ClF3N4O. The molecule has 0 unspecified atom stereocenters. The van der Waals surface area contributed by atoms with Crippen molar-refractivity contribution >= 4 is 17.6 Å². The van der Waals surface area contributed by atoms with Gasteiger partial charge in [0.2, 0.25) is 5.88 Å². The van der Waals surface area contributed by atoms with E-state index in [1.165, 1.54) is 0 Å². The molecule has 1 aromatic heterocycles. The van der Waals surface area contributed by atoms with Crippen LogP contribution in [0.15, 0.2) is 29.9 Å². The van der Waals surface area contributed by atoms with Crippen LogP contribution < -0.4 is 15.8 Å². The predicted octanol–water partition coefficient (Wildman–Crippen LogP) is 2.61. The first-order valence-electron chi connectivity index (χ1n) is 6.35. The summed E-state index contributed by atoms with van der Waals surface area (Å²) in [5, 5.41) is 2.61. The van der Waals surface area contributed by atoms with Crippen molar-refractivity contribution in [2.75, 3.05) is 19.7 Å². The monoisotopic (exact) mass is 336 g/mol. The van der Waals surface area contributed by atoms with Gasteiger partial charge in [-0.1, -0.05) is 17.7 Å². The molecule has 3 N–H and O–H groups in total. The van der Waals surface area contributed by atoms with Crippen LogP contribution in [0, 0.1) is 0 Å². The summed E-state index contributed by atoms with van der Waals surface area (Å²) in [7, 11) is 0. The van der Waals surface area contributed by atoms with Gasteiger partial charge in [-0.15, -0.1) is 6.58 Å². The molecule has 1 heterocycles. The largest absolute Gasteiger partial charge is 0.477 e. The van der Waals surface area contributed by atoms with E-state index in [0.29, 0.717) is 25.7 Å². The molecular weight excluding hydrogens is 321 g/mol. The average Bonchev–Trinajstić information content (AvgIpc) is 2.45. The second-order valence-electron chi connectivity index (χ2n) is 4.15. The van der Waals surface area contributed by atoms with Crippen LogP contribution in [-0.4, -0.2) is 30.6 Å². The first kappa shape index (κ1) is 18.1.